The van der Waals surface area contributed by atoms with E-state index in [0.717, 1.165) is 18.5 Å². The zero-order valence-corrected chi connectivity index (χ0v) is 6.26. The van der Waals surface area contributed by atoms with E-state index in [0.29, 0.717) is 6.10 Å². The second-order valence-corrected chi connectivity index (χ2v) is 3.40. The lowest BCUT2D eigenvalue weighted by atomic mass is 10.00. The highest BCUT2D eigenvalue weighted by atomic mass is 16.5. The molecule has 2 heterocycles. The van der Waals surface area contributed by atoms with E-state index in [1.54, 1.807) is 0 Å². The fraction of sp³-hybridized carbons (Fsp3) is 0.750. The molecule has 0 aromatic carbocycles. The van der Waals surface area contributed by atoms with E-state index in [1.165, 1.54) is 6.42 Å². The summed E-state index contributed by atoms with van der Waals surface area (Å²) in [6.45, 7) is 2.08. The summed E-state index contributed by atoms with van der Waals surface area (Å²) in [7, 11) is 0. The molecule has 2 N–H and O–H groups in total. The Morgan fingerprint density at radius 1 is 1.80 bits per heavy atom. The topological polar surface area (TPSA) is 35.2 Å². The van der Waals surface area contributed by atoms with Crippen LogP contribution in [0.25, 0.3) is 0 Å². The average Bonchev–Trinajstić information content (AvgIpc) is 2.22. The molecule has 2 aliphatic rings. The highest BCUT2D eigenvalue weighted by Gasteiger charge is 2.40. The Kier molecular flexibility index (Phi) is 1.09. The Labute approximate surface area is 61.0 Å². The average molecular weight is 139 g/mol. The van der Waals surface area contributed by atoms with Crippen molar-refractivity contribution >= 4 is 0 Å². The van der Waals surface area contributed by atoms with Gasteiger partial charge in [-0.15, -0.1) is 0 Å². The fourth-order valence-corrected chi connectivity index (χ4v) is 1.77. The maximum atomic E-state index is 5.79. The van der Waals surface area contributed by atoms with Crippen LogP contribution in [0.1, 0.15) is 26.2 Å². The summed E-state index contributed by atoms with van der Waals surface area (Å²) < 4.78 is 5.70. The van der Waals surface area contributed by atoms with Gasteiger partial charge in [-0.05, 0) is 26.2 Å². The normalized spacial score (nSPS) is 45.3. The Morgan fingerprint density at radius 3 is 3.30 bits per heavy atom. The summed E-state index contributed by atoms with van der Waals surface area (Å²) in [5.41, 5.74) is 6.61. The minimum Gasteiger partial charge on any atom is -0.400 e. The third kappa shape index (κ3) is 0.686. The van der Waals surface area contributed by atoms with Crippen LogP contribution in [0.15, 0.2) is 11.8 Å². The van der Waals surface area contributed by atoms with Gasteiger partial charge >= 0.3 is 0 Å². The molecule has 2 bridgehead atoms. The van der Waals surface area contributed by atoms with E-state index >= 15 is 0 Å². The summed E-state index contributed by atoms with van der Waals surface area (Å²) >= 11 is 0. The van der Waals surface area contributed by atoms with Crippen LogP contribution in [-0.4, -0.2) is 11.7 Å². The van der Waals surface area contributed by atoms with Gasteiger partial charge in [0.2, 0.25) is 0 Å². The number of hydrogen-bond acceptors (Lipinski definition) is 2. The van der Waals surface area contributed by atoms with Crippen molar-refractivity contribution in [2.24, 2.45) is 5.73 Å². The summed E-state index contributed by atoms with van der Waals surface area (Å²) in [6.07, 6.45) is 5.85. The van der Waals surface area contributed by atoms with E-state index < -0.39 is 0 Å². The molecular weight excluding hydrogens is 126 g/mol. The molecule has 2 heteroatoms. The van der Waals surface area contributed by atoms with Crippen LogP contribution < -0.4 is 5.73 Å². The summed E-state index contributed by atoms with van der Waals surface area (Å²) in [5.74, 6) is 0. The lowest BCUT2D eigenvalue weighted by Crippen LogP contribution is -2.34. The molecule has 0 saturated carbocycles. The molecule has 10 heavy (non-hydrogen) atoms. The van der Waals surface area contributed by atoms with Gasteiger partial charge in [0.1, 0.15) is 5.60 Å². The van der Waals surface area contributed by atoms with Gasteiger partial charge in [0.05, 0.1) is 6.10 Å². The number of rotatable bonds is 0. The Bertz CT molecular complexity index is 188. The van der Waals surface area contributed by atoms with Crippen molar-refractivity contribution in [3.05, 3.63) is 11.8 Å². The molecule has 0 aromatic rings. The minimum absolute atomic E-state index is 0.108. The van der Waals surface area contributed by atoms with Crippen LogP contribution in [0, 0.1) is 0 Å². The van der Waals surface area contributed by atoms with Gasteiger partial charge in [0, 0.05) is 5.70 Å². The molecule has 1 saturated heterocycles. The first-order valence-corrected chi connectivity index (χ1v) is 3.85. The summed E-state index contributed by atoms with van der Waals surface area (Å²) in [6, 6.07) is 0. The monoisotopic (exact) mass is 139 g/mol. The van der Waals surface area contributed by atoms with Crippen molar-refractivity contribution in [2.75, 3.05) is 0 Å². The van der Waals surface area contributed by atoms with Crippen molar-refractivity contribution in [3.8, 4) is 0 Å². The smallest absolute Gasteiger partial charge is 0.105 e. The van der Waals surface area contributed by atoms with Crippen LogP contribution >= 0.6 is 0 Å². The lowest BCUT2D eigenvalue weighted by molar-refractivity contribution is -0.0123. The molecule has 0 aliphatic carbocycles. The lowest BCUT2D eigenvalue weighted by Gasteiger charge is -2.28. The van der Waals surface area contributed by atoms with Gasteiger partial charge in [-0.2, -0.15) is 0 Å². The Balaban J connectivity index is 2.32. The highest BCUT2D eigenvalue weighted by molar-refractivity contribution is 5.18. The highest BCUT2D eigenvalue weighted by Crippen LogP contribution is 2.39. The molecular formula is C8H13NO. The molecule has 0 aromatic heterocycles. The van der Waals surface area contributed by atoms with Crippen molar-refractivity contribution < 1.29 is 4.74 Å². The first-order valence-electron chi connectivity index (χ1n) is 3.85. The summed E-state index contributed by atoms with van der Waals surface area (Å²) in [4.78, 5) is 0. The third-order valence-corrected chi connectivity index (χ3v) is 2.58. The van der Waals surface area contributed by atoms with Gasteiger partial charge in [-0.25, -0.2) is 0 Å². The zero-order chi connectivity index (χ0) is 7.19. The van der Waals surface area contributed by atoms with Gasteiger partial charge in [-0.1, -0.05) is 6.08 Å². The van der Waals surface area contributed by atoms with Gasteiger partial charge in [-0.3, -0.25) is 0 Å². The van der Waals surface area contributed by atoms with Crippen LogP contribution in [0.2, 0.25) is 0 Å². The summed E-state index contributed by atoms with van der Waals surface area (Å²) in [5, 5.41) is 0. The number of ether oxygens (including phenoxy) is 1. The van der Waals surface area contributed by atoms with E-state index in [9.17, 15) is 0 Å². The van der Waals surface area contributed by atoms with Crippen LogP contribution in [-0.2, 0) is 4.74 Å². The van der Waals surface area contributed by atoms with Crippen molar-refractivity contribution in [1.29, 1.82) is 0 Å². The SMILES string of the molecule is CC12CCC(CC=C1N)O2. The zero-order valence-electron chi connectivity index (χ0n) is 6.26. The number of fused-ring (bicyclic) bond motifs is 2. The van der Waals surface area contributed by atoms with E-state index in [-0.39, 0.29) is 5.60 Å². The van der Waals surface area contributed by atoms with Gasteiger partial charge in [0.25, 0.3) is 0 Å². The molecule has 2 aliphatic heterocycles. The first kappa shape index (κ1) is 6.23. The number of hydrogen-bond donors (Lipinski definition) is 1. The van der Waals surface area contributed by atoms with E-state index in [4.69, 9.17) is 10.5 Å². The predicted octanol–water partition coefficient (Wildman–Crippen LogP) is 1.17. The molecule has 1 fully saturated rings. The molecule has 0 spiro atoms. The van der Waals surface area contributed by atoms with Crippen LogP contribution in [0.5, 0.6) is 0 Å². The molecule has 56 valence electrons. The predicted molar refractivity (Wildman–Crippen MR) is 39.4 cm³/mol. The minimum atomic E-state index is -0.108. The quantitative estimate of drug-likeness (QED) is 0.546. The second kappa shape index (κ2) is 1.76. The maximum Gasteiger partial charge on any atom is 0.105 e. The molecule has 2 atom stereocenters. The molecule has 2 rings (SSSR count). The van der Waals surface area contributed by atoms with Crippen LogP contribution in [0.3, 0.4) is 0 Å². The maximum absolute atomic E-state index is 5.79. The molecule has 2 nitrogen and oxygen atoms in total. The Hall–Kier alpha value is -0.500. The van der Waals surface area contributed by atoms with Gasteiger partial charge in [0.15, 0.2) is 0 Å². The van der Waals surface area contributed by atoms with Gasteiger partial charge < -0.3 is 10.5 Å². The number of nitrogens with two attached hydrogens (primary N) is 1. The van der Waals surface area contributed by atoms with E-state index in [1.807, 2.05) is 0 Å². The standard InChI is InChI=1S/C8H13NO/c1-8-5-4-6(10-8)2-3-7(8)9/h3,6H,2,4-5,9H2,1H3. The van der Waals surface area contributed by atoms with Crippen molar-refractivity contribution in [1.82, 2.24) is 0 Å². The van der Waals surface area contributed by atoms with Crippen molar-refractivity contribution in [3.63, 3.8) is 0 Å². The van der Waals surface area contributed by atoms with Crippen LogP contribution in [0.4, 0.5) is 0 Å². The first-order chi connectivity index (χ1) is 4.71. The second-order valence-electron chi connectivity index (χ2n) is 3.40. The largest absolute Gasteiger partial charge is 0.400 e. The molecule has 0 radical (unpaired) electrons. The molecule has 0 amide bonds. The Morgan fingerprint density at radius 2 is 2.60 bits per heavy atom. The fourth-order valence-electron chi connectivity index (χ4n) is 1.77. The third-order valence-electron chi connectivity index (χ3n) is 2.58. The molecule has 2 unspecified atom stereocenters. The van der Waals surface area contributed by atoms with E-state index in [2.05, 4.69) is 13.0 Å². The van der Waals surface area contributed by atoms with Crippen molar-refractivity contribution in [2.45, 2.75) is 37.9 Å².